The Balaban J connectivity index is 2.79. The van der Waals surface area contributed by atoms with Crippen LogP contribution in [0.1, 0.15) is 32.4 Å². The van der Waals surface area contributed by atoms with Gasteiger partial charge in [0.25, 0.3) is 0 Å². The molecule has 0 aliphatic carbocycles. The van der Waals surface area contributed by atoms with Gasteiger partial charge in [-0.3, -0.25) is 0 Å². The van der Waals surface area contributed by atoms with Crippen LogP contribution in [0.25, 0.3) is 0 Å². The third kappa shape index (κ3) is 3.66. The van der Waals surface area contributed by atoms with Gasteiger partial charge in [-0.25, -0.2) is 4.79 Å². The van der Waals surface area contributed by atoms with E-state index in [9.17, 15) is 4.79 Å². The first-order valence-electron chi connectivity index (χ1n) is 5.52. The molecule has 1 aromatic rings. The second-order valence-electron chi connectivity index (χ2n) is 3.73. The molecule has 0 heterocycles. The Morgan fingerprint density at radius 3 is 2.38 bits per heavy atom. The van der Waals surface area contributed by atoms with Crippen molar-refractivity contribution in [3.8, 4) is 0 Å². The van der Waals surface area contributed by atoms with Crippen molar-refractivity contribution < 1.29 is 14.3 Å². The van der Waals surface area contributed by atoms with E-state index in [0.717, 1.165) is 5.56 Å². The Morgan fingerprint density at radius 2 is 1.88 bits per heavy atom. The smallest absolute Gasteiger partial charge is 0.340 e. The molecule has 0 saturated heterocycles. The molecular formula is C13H18O3. The number of rotatable bonds is 5. The first kappa shape index (κ1) is 12.7. The molecule has 0 radical (unpaired) electrons. The normalized spacial score (nSPS) is 12.5. The predicted molar refractivity (Wildman–Crippen MR) is 62.0 cm³/mol. The standard InChI is InChI=1S/C13H18O3/c1-4-15-12(13(14)16-10(2)3)11-8-6-5-7-9-11/h5-10,12H,4H2,1-3H3/t12-/m1/s1. The Morgan fingerprint density at radius 1 is 1.25 bits per heavy atom. The molecule has 0 unspecified atom stereocenters. The molecule has 0 aliphatic rings. The summed E-state index contributed by atoms with van der Waals surface area (Å²) in [5.74, 6) is -0.331. The number of carbonyl (C=O) groups excluding carboxylic acids is 1. The van der Waals surface area contributed by atoms with Crippen molar-refractivity contribution in [1.29, 1.82) is 0 Å². The lowest BCUT2D eigenvalue weighted by Crippen LogP contribution is -2.22. The second-order valence-corrected chi connectivity index (χ2v) is 3.73. The molecule has 0 fully saturated rings. The van der Waals surface area contributed by atoms with Crippen LogP contribution in [0.15, 0.2) is 30.3 Å². The van der Waals surface area contributed by atoms with Gasteiger partial charge in [0, 0.05) is 6.61 Å². The zero-order valence-corrected chi connectivity index (χ0v) is 9.97. The van der Waals surface area contributed by atoms with E-state index in [-0.39, 0.29) is 12.1 Å². The lowest BCUT2D eigenvalue weighted by atomic mass is 10.1. The van der Waals surface area contributed by atoms with Crippen LogP contribution >= 0.6 is 0 Å². The number of hydrogen-bond acceptors (Lipinski definition) is 3. The van der Waals surface area contributed by atoms with E-state index in [1.807, 2.05) is 51.1 Å². The van der Waals surface area contributed by atoms with Gasteiger partial charge >= 0.3 is 5.97 Å². The van der Waals surface area contributed by atoms with Crippen LogP contribution in [0.5, 0.6) is 0 Å². The van der Waals surface area contributed by atoms with E-state index >= 15 is 0 Å². The van der Waals surface area contributed by atoms with Gasteiger partial charge in [0.2, 0.25) is 0 Å². The Hall–Kier alpha value is -1.35. The van der Waals surface area contributed by atoms with E-state index in [1.165, 1.54) is 0 Å². The number of carbonyl (C=O) groups is 1. The highest BCUT2D eigenvalue weighted by atomic mass is 16.6. The molecule has 0 spiro atoms. The van der Waals surface area contributed by atoms with Gasteiger partial charge in [0.1, 0.15) is 0 Å². The van der Waals surface area contributed by atoms with Crippen LogP contribution in [-0.2, 0) is 14.3 Å². The summed E-state index contributed by atoms with van der Waals surface area (Å²) in [6.45, 7) is 5.99. The molecule has 0 aliphatic heterocycles. The van der Waals surface area contributed by atoms with E-state index in [2.05, 4.69) is 0 Å². The van der Waals surface area contributed by atoms with Crippen LogP contribution in [-0.4, -0.2) is 18.7 Å². The fourth-order valence-corrected chi connectivity index (χ4v) is 1.39. The van der Waals surface area contributed by atoms with Gasteiger partial charge in [-0.05, 0) is 26.3 Å². The van der Waals surface area contributed by atoms with Crippen molar-refractivity contribution in [3.05, 3.63) is 35.9 Å². The maximum Gasteiger partial charge on any atom is 0.340 e. The largest absolute Gasteiger partial charge is 0.461 e. The number of ether oxygens (including phenoxy) is 2. The lowest BCUT2D eigenvalue weighted by Gasteiger charge is -2.17. The monoisotopic (exact) mass is 222 g/mol. The fourth-order valence-electron chi connectivity index (χ4n) is 1.39. The minimum absolute atomic E-state index is 0.126. The van der Waals surface area contributed by atoms with Gasteiger partial charge in [-0.2, -0.15) is 0 Å². The highest BCUT2D eigenvalue weighted by Gasteiger charge is 2.22. The quantitative estimate of drug-likeness (QED) is 0.718. The minimum atomic E-state index is -0.617. The van der Waals surface area contributed by atoms with E-state index in [0.29, 0.717) is 6.61 Å². The van der Waals surface area contributed by atoms with E-state index < -0.39 is 6.10 Å². The van der Waals surface area contributed by atoms with Crippen LogP contribution < -0.4 is 0 Å². The molecule has 3 nitrogen and oxygen atoms in total. The van der Waals surface area contributed by atoms with Crippen LogP contribution in [0, 0.1) is 0 Å². The summed E-state index contributed by atoms with van der Waals surface area (Å²) in [6, 6.07) is 9.39. The Labute approximate surface area is 96.4 Å². The molecule has 88 valence electrons. The summed E-state index contributed by atoms with van der Waals surface area (Å²) in [7, 11) is 0. The van der Waals surface area contributed by atoms with Crippen molar-refractivity contribution in [3.63, 3.8) is 0 Å². The fraction of sp³-hybridized carbons (Fsp3) is 0.462. The second kappa shape index (κ2) is 6.28. The topological polar surface area (TPSA) is 35.5 Å². The number of hydrogen-bond donors (Lipinski definition) is 0. The molecular weight excluding hydrogens is 204 g/mol. The van der Waals surface area contributed by atoms with E-state index in [1.54, 1.807) is 0 Å². The third-order valence-electron chi connectivity index (χ3n) is 2.00. The van der Waals surface area contributed by atoms with Gasteiger partial charge in [-0.1, -0.05) is 30.3 Å². The Bertz CT molecular complexity index is 319. The summed E-state index contributed by atoms with van der Waals surface area (Å²) < 4.78 is 10.6. The summed E-state index contributed by atoms with van der Waals surface area (Å²) in [4.78, 5) is 11.8. The third-order valence-corrected chi connectivity index (χ3v) is 2.00. The first-order chi connectivity index (χ1) is 7.65. The highest BCUT2D eigenvalue weighted by Crippen LogP contribution is 2.19. The SMILES string of the molecule is CCO[C@@H](C(=O)OC(C)C)c1ccccc1. The molecule has 0 aromatic heterocycles. The zero-order valence-electron chi connectivity index (χ0n) is 9.97. The van der Waals surface area contributed by atoms with E-state index in [4.69, 9.17) is 9.47 Å². The van der Waals surface area contributed by atoms with Crippen molar-refractivity contribution in [2.45, 2.75) is 33.0 Å². The maximum atomic E-state index is 11.8. The molecule has 16 heavy (non-hydrogen) atoms. The van der Waals surface area contributed by atoms with Gasteiger partial charge < -0.3 is 9.47 Å². The van der Waals surface area contributed by atoms with Gasteiger partial charge in [0.15, 0.2) is 6.10 Å². The average Bonchev–Trinajstić information content (AvgIpc) is 2.26. The Kier molecular flexibility index (Phi) is 4.99. The summed E-state index contributed by atoms with van der Waals surface area (Å²) in [5, 5.41) is 0. The lowest BCUT2D eigenvalue weighted by molar-refractivity contribution is -0.161. The molecule has 3 heteroatoms. The predicted octanol–water partition coefficient (Wildman–Crippen LogP) is 2.72. The maximum absolute atomic E-state index is 11.8. The minimum Gasteiger partial charge on any atom is -0.461 e. The number of benzene rings is 1. The zero-order chi connectivity index (χ0) is 12.0. The first-order valence-corrected chi connectivity index (χ1v) is 5.52. The molecule has 1 atom stereocenters. The molecule has 1 rings (SSSR count). The van der Waals surface area contributed by atoms with Crippen molar-refractivity contribution >= 4 is 5.97 Å². The molecule has 0 amide bonds. The highest BCUT2D eigenvalue weighted by molar-refractivity contribution is 5.76. The summed E-state index contributed by atoms with van der Waals surface area (Å²) in [5.41, 5.74) is 0.829. The van der Waals surface area contributed by atoms with Crippen molar-refractivity contribution in [2.24, 2.45) is 0 Å². The average molecular weight is 222 g/mol. The van der Waals surface area contributed by atoms with Crippen molar-refractivity contribution in [1.82, 2.24) is 0 Å². The molecule has 0 saturated carbocycles. The summed E-state index contributed by atoms with van der Waals surface area (Å²) in [6.07, 6.45) is -0.743. The van der Waals surface area contributed by atoms with Gasteiger partial charge in [0.05, 0.1) is 6.10 Å². The number of esters is 1. The van der Waals surface area contributed by atoms with Crippen LogP contribution in [0.3, 0.4) is 0 Å². The van der Waals surface area contributed by atoms with Crippen molar-refractivity contribution in [2.75, 3.05) is 6.61 Å². The molecule has 0 bridgehead atoms. The van der Waals surface area contributed by atoms with Crippen LogP contribution in [0.2, 0.25) is 0 Å². The summed E-state index contributed by atoms with van der Waals surface area (Å²) >= 11 is 0. The van der Waals surface area contributed by atoms with Crippen LogP contribution in [0.4, 0.5) is 0 Å². The van der Waals surface area contributed by atoms with Gasteiger partial charge in [-0.15, -0.1) is 0 Å². The molecule has 1 aromatic carbocycles. The molecule has 0 N–H and O–H groups in total.